The molecule has 1 rings (SSSR count). The second-order valence-corrected chi connectivity index (χ2v) is 4.05. The van der Waals surface area contributed by atoms with Gasteiger partial charge in [-0.3, -0.25) is 9.59 Å². The zero-order valence-corrected chi connectivity index (χ0v) is 9.93. The third kappa shape index (κ3) is 3.10. The number of terminal acetylenes is 1. The van der Waals surface area contributed by atoms with Gasteiger partial charge in [0.2, 0.25) is 5.91 Å². The summed E-state index contributed by atoms with van der Waals surface area (Å²) in [5.74, 6) is 0.253. The molecule has 0 saturated heterocycles. The molecule has 0 aromatic heterocycles. The van der Waals surface area contributed by atoms with E-state index in [1.807, 2.05) is 19.1 Å². The highest BCUT2D eigenvalue weighted by atomic mass is 16.4. The van der Waals surface area contributed by atoms with E-state index >= 15 is 0 Å². The maximum absolute atomic E-state index is 12.2. The molecule has 1 amide bonds. The van der Waals surface area contributed by atoms with E-state index in [2.05, 4.69) is 5.92 Å². The lowest BCUT2D eigenvalue weighted by atomic mass is 9.82. The van der Waals surface area contributed by atoms with Crippen LogP contribution in [0.5, 0.6) is 0 Å². The lowest BCUT2D eigenvalue weighted by molar-refractivity contribution is -0.150. The molecular formula is C13H17NO3. The Morgan fingerprint density at radius 2 is 2.00 bits per heavy atom. The van der Waals surface area contributed by atoms with E-state index in [1.165, 1.54) is 4.90 Å². The molecule has 17 heavy (non-hydrogen) atoms. The van der Waals surface area contributed by atoms with Gasteiger partial charge in [-0.1, -0.05) is 18.1 Å². The SMILES string of the molecule is C#CCN(CC)C(=O)C1CC=CCC1C(=O)O. The van der Waals surface area contributed by atoms with Crippen LogP contribution in [0.2, 0.25) is 0 Å². The molecule has 2 unspecified atom stereocenters. The Morgan fingerprint density at radius 1 is 1.41 bits per heavy atom. The number of rotatable bonds is 4. The Bertz CT molecular complexity index is 367. The molecule has 1 N–H and O–H groups in total. The molecule has 0 aromatic carbocycles. The smallest absolute Gasteiger partial charge is 0.307 e. The van der Waals surface area contributed by atoms with Gasteiger partial charge in [0.1, 0.15) is 0 Å². The second kappa shape index (κ2) is 6.09. The van der Waals surface area contributed by atoms with Gasteiger partial charge in [0.25, 0.3) is 0 Å². The Labute approximate surface area is 101 Å². The third-order valence-corrected chi connectivity index (χ3v) is 3.04. The molecule has 4 nitrogen and oxygen atoms in total. The number of amides is 1. The van der Waals surface area contributed by atoms with Crippen molar-refractivity contribution in [1.82, 2.24) is 4.90 Å². The highest BCUT2D eigenvalue weighted by molar-refractivity contribution is 5.85. The zero-order valence-electron chi connectivity index (χ0n) is 9.93. The molecule has 92 valence electrons. The van der Waals surface area contributed by atoms with Crippen LogP contribution >= 0.6 is 0 Å². The fourth-order valence-corrected chi connectivity index (χ4v) is 2.05. The van der Waals surface area contributed by atoms with E-state index in [1.54, 1.807) is 0 Å². The van der Waals surface area contributed by atoms with Crippen molar-refractivity contribution in [3.63, 3.8) is 0 Å². The first-order chi connectivity index (χ1) is 8.11. The third-order valence-electron chi connectivity index (χ3n) is 3.04. The topological polar surface area (TPSA) is 57.6 Å². The van der Waals surface area contributed by atoms with Gasteiger partial charge in [-0.25, -0.2) is 0 Å². The van der Waals surface area contributed by atoms with Crippen LogP contribution in [0.4, 0.5) is 0 Å². The van der Waals surface area contributed by atoms with E-state index in [9.17, 15) is 9.59 Å². The van der Waals surface area contributed by atoms with Gasteiger partial charge in [0.05, 0.1) is 18.4 Å². The molecule has 0 spiro atoms. The Kier molecular flexibility index (Phi) is 4.77. The summed E-state index contributed by atoms with van der Waals surface area (Å²) in [6, 6.07) is 0. The Morgan fingerprint density at radius 3 is 2.47 bits per heavy atom. The number of carbonyl (C=O) groups is 2. The van der Waals surface area contributed by atoms with Gasteiger partial charge < -0.3 is 10.0 Å². The summed E-state index contributed by atoms with van der Waals surface area (Å²) < 4.78 is 0. The van der Waals surface area contributed by atoms with E-state index in [4.69, 9.17) is 11.5 Å². The quantitative estimate of drug-likeness (QED) is 0.587. The summed E-state index contributed by atoms with van der Waals surface area (Å²) in [6.45, 7) is 2.58. The molecule has 0 radical (unpaired) electrons. The number of nitrogens with zero attached hydrogens (tertiary/aromatic N) is 1. The maximum atomic E-state index is 12.2. The number of aliphatic carboxylic acids is 1. The first-order valence-corrected chi connectivity index (χ1v) is 5.71. The molecule has 1 aliphatic rings. The molecule has 0 bridgehead atoms. The lowest BCUT2D eigenvalue weighted by Crippen LogP contribution is -2.41. The van der Waals surface area contributed by atoms with Crippen molar-refractivity contribution < 1.29 is 14.7 Å². The minimum absolute atomic E-state index is 0.151. The molecule has 1 aliphatic carbocycles. The van der Waals surface area contributed by atoms with Crippen LogP contribution < -0.4 is 0 Å². The normalized spacial score (nSPS) is 22.8. The highest BCUT2D eigenvalue weighted by Crippen LogP contribution is 2.27. The van der Waals surface area contributed by atoms with Gasteiger partial charge >= 0.3 is 5.97 Å². The monoisotopic (exact) mass is 235 g/mol. The number of carboxylic acids is 1. The summed E-state index contributed by atoms with van der Waals surface area (Å²) in [7, 11) is 0. The van der Waals surface area contributed by atoms with Gasteiger partial charge in [0, 0.05) is 6.54 Å². The van der Waals surface area contributed by atoms with E-state index < -0.39 is 17.8 Å². The zero-order chi connectivity index (χ0) is 12.8. The molecule has 0 aromatic rings. The molecular weight excluding hydrogens is 218 g/mol. The van der Waals surface area contributed by atoms with Crippen molar-refractivity contribution in [3.8, 4) is 12.3 Å². The summed E-state index contributed by atoms with van der Waals surface area (Å²) >= 11 is 0. The van der Waals surface area contributed by atoms with Crippen molar-refractivity contribution in [3.05, 3.63) is 12.2 Å². The Hall–Kier alpha value is -1.76. The fraction of sp³-hybridized carbons (Fsp3) is 0.538. The van der Waals surface area contributed by atoms with Crippen molar-refractivity contribution in [2.75, 3.05) is 13.1 Å². The van der Waals surface area contributed by atoms with Crippen LogP contribution in [-0.2, 0) is 9.59 Å². The lowest BCUT2D eigenvalue weighted by Gasteiger charge is -2.29. The molecule has 0 saturated carbocycles. The number of hydrogen-bond acceptors (Lipinski definition) is 2. The van der Waals surface area contributed by atoms with E-state index in [0.29, 0.717) is 19.4 Å². The molecule has 0 fully saturated rings. The number of hydrogen-bond donors (Lipinski definition) is 1. The number of carbonyl (C=O) groups excluding carboxylic acids is 1. The summed E-state index contributed by atoms with van der Waals surface area (Å²) in [5, 5.41) is 9.10. The summed E-state index contributed by atoms with van der Waals surface area (Å²) in [6.07, 6.45) is 9.78. The molecule has 0 heterocycles. The fourth-order valence-electron chi connectivity index (χ4n) is 2.05. The van der Waals surface area contributed by atoms with Crippen molar-refractivity contribution in [2.24, 2.45) is 11.8 Å². The number of carboxylic acid groups (broad SMARTS) is 1. The van der Waals surface area contributed by atoms with Crippen LogP contribution in [0.15, 0.2) is 12.2 Å². The molecule has 0 aliphatic heterocycles. The van der Waals surface area contributed by atoms with E-state index in [-0.39, 0.29) is 12.5 Å². The van der Waals surface area contributed by atoms with Crippen molar-refractivity contribution >= 4 is 11.9 Å². The standard InChI is InChI=1S/C13H17NO3/c1-3-9-14(4-2)12(15)10-7-5-6-8-11(10)13(16)17/h1,5-6,10-11H,4,7-9H2,2H3,(H,16,17). The molecule has 4 heteroatoms. The van der Waals surface area contributed by atoms with Gasteiger partial charge in [-0.05, 0) is 19.8 Å². The predicted molar refractivity (Wildman–Crippen MR) is 64.1 cm³/mol. The minimum Gasteiger partial charge on any atom is -0.481 e. The largest absolute Gasteiger partial charge is 0.481 e. The average molecular weight is 235 g/mol. The number of allylic oxidation sites excluding steroid dienone is 2. The van der Waals surface area contributed by atoms with Crippen molar-refractivity contribution in [1.29, 1.82) is 0 Å². The first-order valence-electron chi connectivity index (χ1n) is 5.71. The van der Waals surface area contributed by atoms with Crippen LogP contribution in [0.1, 0.15) is 19.8 Å². The minimum atomic E-state index is -0.913. The highest BCUT2D eigenvalue weighted by Gasteiger charge is 2.35. The first kappa shape index (κ1) is 13.3. The van der Waals surface area contributed by atoms with Gasteiger partial charge in [-0.15, -0.1) is 6.42 Å². The summed E-state index contributed by atoms with van der Waals surface area (Å²) in [5.41, 5.74) is 0. The maximum Gasteiger partial charge on any atom is 0.307 e. The van der Waals surface area contributed by atoms with Crippen molar-refractivity contribution in [2.45, 2.75) is 19.8 Å². The Balaban J connectivity index is 2.82. The second-order valence-electron chi connectivity index (χ2n) is 4.05. The average Bonchev–Trinajstić information content (AvgIpc) is 2.35. The van der Waals surface area contributed by atoms with Crippen LogP contribution in [-0.4, -0.2) is 35.0 Å². The van der Waals surface area contributed by atoms with Crippen LogP contribution in [0.25, 0.3) is 0 Å². The van der Waals surface area contributed by atoms with Crippen LogP contribution in [0, 0.1) is 24.2 Å². The van der Waals surface area contributed by atoms with Crippen LogP contribution in [0.3, 0.4) is 0 Å². The predicted octanol–water partition coefficient (Wildman–Crippen LogP) is 1.14. The van der Waals surface area contributed by atoms with E-state index in [0.717, 1.165) is 0 Å². The summed E-state index contributed by atoms with van der Waals surface area (Å²) in [4.78, 5) is 24.8. The van der Waals surface area contributed by atoms with Gasteiger partial charge in [-0.2, -0.15) is 0 Å². The molecule has 2 atom stereocenters. The van der Waals surface area contributed by atoms with Gasteiger partial charge in [0.15, 0.2) is 0 Å².